The number of halogens is 1. The molecule has 0 saturated carbocycles. The number of carbonyl (C=O) groups excluding carboxylic acids is 1. The molecule has 1 amide bonds. The molecule has 0 unspecified atom stereocenters. The maximum absolute atomic E-state index is 12.0. The Kier molecular flexibility index (Phi) is 4.00. The number of hydrogen-bond acceptors (Lipinski definition) is 3. The van der Waals surface area contributed by atoms with Crippen molar-refractivity contribution in [3.8, 4) is 0 Å². The van der Waals surface area contributed by atoms with Crippen LogP contribution in [-0.2, 0) is 0 Å². The van der Waals surface area contributed by atoms with Gasteiger partial charge in [0.2, 0.25) is 5.88 Å². The molecule has 2 rings (SSSR count). The minimum absolute atomic E-state index is 0.188. The van der Waals surface area contributed by atoms with E-state index in [-0.39, 0.29) is 11.8 Å². The molecule has 0 fully saturated rings. The summed E-state index contributed by atoms with van der Waals surface area (Å²) >= 11 is 2.13. The van der Waals surface area contributed by atoms with Gasteiger partial charge in [-0.05, 0) is 40.6 Å². The summed E-state index contributed by atoms with van der Waals surface area (Å²) in [6.07, 6.45) is 0. The van der Waals surface area contributed by atoms with Gasteiger partial charge in [-0.1, -0.05) is 31.1 Å². The molecule has 1 aromatic heterocycles. The zero-order valence-corrected chi connectivity index (χ0v) is 12.3. The fourth-order valence-corrected chi connectivity index (χ4v) is 2.08. The molecule has 18 heavy (non-hydrogen) atoms. The van der Waals surface area contributed by atoms with E-state index in [4.69, 9.17) is 4.52 Å². The Morgan fingerprint density at radius 2 is 2.11 bits per heavy atom. The first-order valence-electron chi connectivity index (χ1n) is 5.60. The van der Waals surface area contributed by atoms with Gasteiger partial charge >= 0.3 is 0 Å². The number of anilines is 1. The molecule has 2 aromatic rings. The number of amides is 1. The summed E-state index contributed by atoms with van der Waals surface area (Å²) < 4.78 is 5.97. The summed E-state index contributed by atoms with van der Waals surface area (Å²) in [5, 5.41) is 6.59. The second-order valence-electron chi connectivity index (χ2n) is 4.20. The van der Waals surface area contributed by atoms with Crippen molar-refractivity contribution in [2.24, 2.45) is 0 Å². The number of carbonyl (C=O) groups is 1. The lowest BCUT2D eigenvalue weighted by Crippen LogP contribution is -2.12. The van der Waals surface area contributed by atoms with E-state index in [1.54, 1.807) is 12.1 Å². The summed E-state index contributed by atoms with van der Waals surface area (Å²) in [5.74, 6) is 0.464. The van der Waals surface area contributed by atoms with Crippen LogP contribution in [0.5, 0.6) is 0 Å². The zero-order valence-electron chi connectivity index (χ0n) is 10.1. The molecule has 0 aliphatic carbocycles. The summed E-state index contributed by atoms with van der Waals surface area (Å²) in [6, 6.07) is 9.13. The van der Waals surface area contributed by atoms with Crippen molar-refractivity contribution >= 4 is 34.4 Å². The van der Waals surface area contributed by atoms with Gasteiger partial charge in [-0.3, -0.25) is 10.1 Å². The lowest BCUT2D eigenvalue weighted by molar-refractivity contribution is 0.102. The van der Waals surface area contributed by atoms with Gasteiger partial charge in [-0.2, -0.15) is 0 Å². The lowest BCUT2D eigenvalue weighted by Gasteiger charge is -2.02. The van der Waals surface area contributed by atoms with E-state index in [0.717, 1.165) is 9.26 Å². The Balaban J connectivity index is 2.14. The van der Waals surface area contributed by atoms with Crippen LogP contribution in [0.2, 0.25) is 0 Å². The van der Waals surface area contributed by atoms with Crippen molar-refractivity contribution in [1.82, 2.24) is 5.16 Å². The van der Waals surface area contributed by atoms with Crippen molar-refractivity contribution in [3.63, 3.8) is 0 Å². The average molecular weight is 356 g/mol. The Labute approximate surface area is 119 Å². The Bertz CT molecular complexity index is 564. The number of aromatic nitrogens is 1. The first-order valence-corrected chi connectivity index (χ1v) is 6.68. The standard InChI is InChI=1S/C13H13IN2O2/c1-8(2)11-7-12(18-16-11)15-13(17)9-5-3-4-6-10(9)14/h3-8H,1-2H3,(H,15,17). The van der Waals surface area contributed by atoms with Crippen LogP contribution >= 0.6 is 22.6 Å². The van der Waals surface area contributed by atoms with Crippen LogP contribution in [-0.4, -0.2) is 11.1 Å². The molecular formula is C13H13IN2O2. The zero-order chi connectivity index (χ0) is 13.1. The van der Waals surface area contributed by atoms with Crippen LogP contribution < -0.4 is 5.32 Å². The summed E-state index contributed by atoms with van der Waals surface area (Å²) in [6.45, 7) is 4.03. The summed E-state index contributed by atoms with van der Waals surface area (Å²) in [7, 11) is 0. The van der Waals surface area contributed by atoms with E-state index < -0.39 is 0 Å². The third-order valence-corrected chi connectivity index (χ3v) is 3.42. The van der Waals surface area contributed by atoms with Crippen LogP contribution in [0.15, 0.2) is 34.9 Å². The number of rotatable bonds is 3. The van der Waals surface area contributed by atoms with Gasteiger partial charge in [0.1, 0.15) is 0 Å². The molecule has 0 bridgehead atoms. The number of benzene rings is 1. The molecule has 0 aliphatic rings. The molecule has 5 heteroatoms. The maximum atomic E-state index is 12.0. The quantitative estimate of drug-likeness (QED) is 0.854. The Morgan fingerprint density at radius 3 is 2.72 bits per heavy atom. The van der Waals surface area contributed by atoms with Crippen LogP contribution in [0.4, 0.5) is 5.88 Å². The third-order valence-electron chi connectivity index (χ3n) is 2.48. The molecule has 1 aromatic carbocycles. The fraction of sp³-hybridized carbons (Fsp3) is 0.231. The topological polar surface area (TPSA) is 55.1 Å². The summed E-state index contributed by atoms with van der Waals surface area (Å²) in [4.78, 5) is 12.0. The van der Waals surface area contributed by atoms with Crippen LogP contribution in [0.1, 0.15) is 35.8 Å². The molecule has 1 N–H and O–H groups in total. The molecule has 0 radical (unpaired) electrons. The fourth-order valence-electron chi connectivity index (χ4n) is 1.44. The number of nitrogens with one attached hydrogen (secondary N) is 1. The molecule has 0 aliphatic heterocycles. The van der Waals surface area contributed by atoms with Gasteiger partial charge in [-0.15, -0.1) is 0 Å². The van der Waals surface area contributed by atoms with Gasteiger partial charge in [0.25, 0.3) is 5.91 Å². The van der Waals surface area contributed by atoms with Crippen LogP contribution in [0.3, 0.4) is 0 Å². The van der Waals surface area contributed by atoms with Crippen molar-refractivity contribution in [2.45, 2.75) is 19.8 Å². The van der Waals surface area contributed by atoms with Crippen molar-refractivity contribution in [2.75, 3.05) is 5.32 Å². The summed E-state index contributed by atoms with van der Waals surface area (Å²) in [5.41, 5.74) is 1.45. The third kappa shape index (κ3) is 2.90. The van der Waals surface area contributed by atoms with E-state index in [1.165, 1.54) is 0 Å². The van der Waals surface area contributed by atoms with Gasteiger partial charge in [-0.25, -0.2) is 0 Å². The van der Waals surface area contributed by atoms with Crippen LogP contribution in [0.25, 0.3) is 0 Å². The second kappa shape index (κ2) is 5.51. The van der Waals surface area contributed by atoms with Gasteiger partial charge < -0.3 is 4.52 Å². The Hall–Kier alpha value is -1.37. The largest absolute Gasteiger partial charge is 0.338 e. The highest BCUT2D eigenvalue weighted by molar-refractivity contribution is 14.1. The first-order chi connectivity index (χ1) is 8.58. The highest BCUT2D eigenvalue weighted by Gasteiger charge is 2.13. The van der Waals surface area contributed by atoms with Gasteiger partial charge in [0.05, 0.1) is 11.3 Å². The maximum Gasteiger partial charge on any atom is 0.259 e. The van der Waals surface area contributed by atoms with Crippen molar-refractivity contribution in [1.29, 1.82) is 0 Å². The predicted octanol–water partition coefficient (Wildman–Crippen LogP) is 3.65. The second-order valence-corrected chi connectivity index (χ2v) is 5.37. The van der Waals surface area contributed by atoms with Crippen molar-refractivity contribution < 1.29 is 9.32 Å². The average Bonchev–Trinajstić information content (AvgIpc) is 2.78. The van der Waals surface area contributed by atoms with E-state index >= 15 is 0 Å². The number of nitrogens with zero attached hydrogens (tertiary/aromatic N) is 1. The Morgan fingerprint density at radius 1 is 1.39 bits per heavy atom. The highest BCUT2D eigenvalue weighted by Crippen LogP contribution is 2.19. The SMILES string of the molecule is CC(C)c1cc(NC(=O)c2ccccc2I)on1. The molecule has 94 valence electrons. The lowest BCUT2D eigenvalue weighted by atomic mass is 10.1. The smallest absolute Gasteiger partial charge is 0.259 e. The molecule has 0 spiro atoms. The van der Waals surface area contributed by atoms with E-state index in [2.05, 4.69) is 33.1 Å². The molecule has 4 nitrogen and oxygen atoms in total. The minimum Gasteiger partial charge on any atom is -0.338 e. The molecule has 0 saturated heterocycles. The minimum atomic E-state index is -0.188. The predicted molar refractivity (Wildman–Crippen MR) is 77.7 cm³/mol. The van der Waals surface area contributed by atoms with E-state index in [9.17, 15) is 4.79 Å². The van der Waals surface area contributed by atoms with Gasteiger partial charge in [0, 0.05) is 9.64 Å². The molecule has 0 atom stereocenters. The molecule has 1 heterocycles. The molecular weight excluding hydrogens is 343 g/mol. The highest BCUT2D eigenvalue weighted by atomic mass is 127. The van der Waals surface area contributed by atoms with Crippen molar-refractivity contribution in [3.05, 3.63) is 45.2 Å². The van der Waals surface area contributed by atoms with Gasteiger partial charge in [0.15, 0.2) is 0 Å². The monoisotopic (exact) mass is 356 g/mol. The van der Waals surface area contributed by atoms with E-state index in [0.29, 0.717) is 11.4 Å². The van der Waals surface area contributed by atoms with Crippen LogP contribution in [0, 0.1) is 3.57 Å². The first kappa shape index (κ1) is 13.1. The normalized spacial score (nSPS) is 10.7. The van der Waals surface area contributed by atoms with E-state index in [1.807, 2.05) is 32.0 Å². The number of hydrogen-bond donors (Lipinski definition) is 1.